The summed E-state index contributed by atoms with van der Waals surface area (Å²) in [6.07, 6.45) is 0.303. The lowest BCUT2D eigenvalue weighted by Gasteiger charge is -2.09. The first-order chi connectivity index (χ1) is 10.2. The Morgan fingerprint density at radius 1 is 1.05 bits per heavy atom. The number of hydrogen-bond acceptors (Lipinski definition) is 3. The Morgan fingerprint density at radius 2 is 1.86 bits per heavy atom. The molecular formula is C17H14FNO2. The van der Waals surface area contributed by atoms with E-state index in [0.29, 0.717) is 34.2 Å². The molecule has 3 nitrogen and oxygen atoms in total. The van der Waals surface area contributed by atoms with Crippen LogP contribution in [0.3, 0.4) is 0 Å². The molecule has 0 bridgehead atoms. The van der Waals surface area contributed by atoms with Crippen LogP contribution in [0, 0.1) is 0 Å². The molecule has 106 valence electrons. The van der Waals surface area contributed by atoms with E-state index in [-0.39, 0.29) is 0 Å². The molecule has 0 aliphatic heterocycles. The number of rotatable bonds is 3. The maximum atomic E-state index is 13.5. The van der Waals surface area contributed by atoms with Gasteiger partial charge in [0, 0.05) is 28.6 Å². The van der Waals surface area contributed by atoms with Crippen molar-refractivity contribution in [3.8, 4) is 0 Å². The molecule has 0 unspecified atom stereocenters. The van der Waals surface area contributed by atoms with E-state index < -0.39 is 12.3 Å². The van der Waals surface area contributed by atoms with Gasteiger partial charge in [-0.05, 0) is 23.8 Å². The van der Waals surface area contributed by atoms with Crippen molar-refractivity contribution >= 4 is 16.7 Å². The van der Waals surface area contributed by atoms with Crippen molar-refractivity contribution in [3.63, 3.8) is 0 Å². The predicted octanol–water partition coefficient (Wildman–Crippen LogP) is 3.44. The van der Waals surface area contributed by atoms with Crippen molar-refractivity contribution in [2.24, 2.45) is 0 Å². The van der Waals surface area contributed by atoms with Gasteiger partial charge in [-0.15, -0.1) is 0 Å². The number of benzene rings is 2. The highest BCUT2D eigenvalue weighted by atomic mass is 19.1. The number of halogens is 1. The summed E-state index contributed by atoms with van der Waals surface area (Å²) in [7, 11) is 0. The largest absolute Gasteiger partial charge is 0.422 e. The summed E-state index contributed by atoms with van der Waals surface area (Å²) in [5.41, 5.74) is 7.85. The Bertz CT molecular complexity index is 855. The maximum absolute atomic E-state index is 13.5. The van der Waals surface area contributed by atoms with Crippen LogP contribution in [0.2, 0.25) is 0 Å². The summed E-state index contributed by atoms with van der Waals surface area (Å²) in [4.78, 5) is 12.1. The molecule has 3 aromatic rings. The van der Waals surface area contributed by atoms with E-state index in [0.717, 1.165) is 5.56 Å². The van der Waals surface area contributed by atoms with Crippen molar-refractivity contribution in [2.45, 2.75) is 13.1 Å². The molecule has 0 aliphatic carbocycles. The van der Waals surface area contributed by atoms with Gasteiger partial charge >= 0.3 is 5.63 Å². The first-order valence-electron chi connectivity index (χ1n) is 6.63. The third-order valence-corrected chi connectivity index (χ3v) is 3.49. The van der Waals surface area contributed by atoms with Crippen molar-refractivity contribution in [2.75, 3.05) is 5.73 Å². The third kappa shape index (κ3) is 2.52. The van der Waals surface area contributed by atoms with Crippen LogP contribution < -0.4 is 11.4 Å². The standard InChI is InChI=1S/C17H14FNO2/c18-10-15-13-6-1-2-7-16(13)21-17(20)14(15)9-11-4-3-5-12(19)8-11/h1-8H,9-10,19H2. The molecule has 0 saturated carbocycles. The van der Waals surface area contributed by atoms with E-state index in [1.807, 2.05) is 12.1 Å². The monoisotopic (exact) mass is 283 g/mol. The minimum atomic E-state index is -0.705. The summed E-state index contributed by atoms with van der Waals surface area (Å²) in [6, 6.07) is 14.2. The van der Waals surface area contributed by atoms with E-state index in [1.54, 1.807) is 36.4 Å². The summed E-state index contributed by atoms with van der Waals surface area (Å²) < 4.78 is 18.8. The number of anilines is 1. The number of para-hydroxylation sites is 1. The zero-order valence-electron chi connectivity index (χ0n) is 11.3. The number of alkyl halides is 1. The second-order valence-corrected chi connectivity index (χ2v) is 4.90. The SMILES string of the molecule is Nc1cccc(Cc2c(CF)c3ccccc3oc2=O)c1. The normalized spacial score (nSPS) is 10.9. The molecule has 0 radical (unpaired) electrons. The molecule has 0 fully saturated rings. The molecule has 4 heteroatoms. The van der Waals surface area contributed by atoms with Gasteiger partial charge in [-0.1, -0.05) is 30.3 Å². The second kappa shape index (κ2) is 5.40. The molecule has 1 aromatic heterocycles. The Labute approximate surface area is 120 Å². The Balaban J connectivity index is 2.17. The topological polar surface area (TPSA) is 56.2 Å². The predicted molar refractivity (Wildman–Crippen MR) is 81.0 cm³/mol. The Morgan fingerprint density at radius 3 is 2.62 bits per heavy atom. The van der Waals surface area contributed by atoms with Gasteiger partial charge in [0.05, 0.1) is 0 Å². The van der Waals surface area contributed by atoms with E-state index in [1.165, 1.54) is 0 Å². The van der Waals surface area contributed by atoms with Crippen molar-refractivity contribution in [3.05, 3.63) is 75.6 Å². The number of hydrogen-bond donors (Lipinski definition) is 1. The second-order valence-electron chi connectivity index (χ2n) is 4.90. The molecule has 0 saturated heterocycles. The lowest BCUT2D eigenvalue weighted by atomic mass is 9.99. The average molecular weight is 283 g/mol. The maximum Gasteiger partial charge on any atom is 0.340 e. The molecule has 0 aliphatic rings. The van der Waals surface area contributed by atoms with Crippen LogP contribution in [0.25, 0.3) is 11.0 Å². The van der Waals surface area contributed by atoms with Crippen molar-refractivity contribution < 1.29 is 8.81 Å². The van der Waals surface area contributed by atoms with Gasteiger partial charge in [-0.2, -0.15) is 0 Å². The zero-order valence-corrected chi connectivity index (χ0v) is 11.3. The van der Waals surface area contributed by atoms with E-state index in [4.69, 9.17) is 10.2 Å². The molecular weight excluding hydrogens is 269 g/mol. The fourth-order valence-corrected chi connectivity index (χ4v) is 2.49. The average Bonchev–Trinajstić information content (AvgIpc) is 2.48. The highest BCUT2D eigenvalue weighted by Crippen LogP contribution is 2.23. The van der Waals surface area contributed by atoms with Crippen molar-refractivity contribution in [1.29, 1.82) is 0 Å². The third-order valence-electron chi connectivity index (χ3n) is 3.49. The Kier molecular flexibility index (Phi) is 3.44. The number of nitrogens with two attached hydrogens (primary N) is 1. The van der Waals surface area contributed by atoms with Crippen molar-refractivity contribution in [1.82, 2.24) is 0 Å². The van der Waals surface area contributed by atoms with Gasteiger partial charge < -0.3 is 10.2 Å². The fourth-order valence-electron chi connectivity index (χ4n) is 2.49. The van der Waals surface area contributed by atoms with Crippen LogP contribution in [-0.2, 0) is 13.1 Å². The zero-order chi connectivity index (χ0) is 14.8. The molecule has 3 rings (SSSR count). The smallest absolute Gasteiger partial charge is 0.340 e. The van der Waals surface area contributed by atoms with Crippen LogP contribution in [0.5, 0.6) is 0 Å². The van der Waals surface area contributed by atoms with E-state index >= 15 is 0 Å². The molecule has 21 heavy (non-hydrogen) atoms. The van der Waals surface area contributed by atoms with Crippen LogP contribution in [0.1, 0.15) is 16.7 Å². The van der Waals surface area contributed by atoms with E-state index in [2.05, 4.69) is 0 Å². The van der Waals surface area contributed by atoms with Crippen LogP contribution >= 0.6 is 0 Å². The number of fused-ring (bicyclic) bond motifs is 1. The summed E-state index contributed by atoms with van der Waals surface area (Å²) in [5, 5.41) is 0.638. The first-order valence-corrected chi connectivity index (χ1v) is 6.63. The van der Waals surface area contributed by atoms with Gasteiger partial charge in [0.1, 0.15) is 12.3 Å². The first kappa shape index (κ1) is 13.4. The van der Waals surface area contributed by atoms with Crippen LogP contribution in [-0.4, -0.2) is 0 Å². The quantitative estimate of drug-likeness (QED) is 0.591. The van der Waals surface area contributed by atoms with Gasteiger partial charge in [0.15, 0.2) is 0 Å². The summed E-state index contributed by atoms with van der Waals surface area (Å²) >= 11 is 0. The lowest BCUT2D eigenvalue weighted by Crippen LogP contribution is -2.12. The molecule has 0 spiro atoms. The highest BCUT2D eigenvalue weighted by molar-refractivity contribution is 5.81. The Hall–Kier alpha value is -2.62. The minimum absolute atomic E-state index is 0.303. The molecule has 0 amide bonds. The highest BCUT2D eigenvalue weighted by Gasteiger charge is 2.14. The summed E-state index contributed by atoms with van der Waals surface area (Å²) in [5.74, 6) is 0. The molecule has 2 N–H and O–H groups in total. The fraction of sp³-hybridized carbons (Fsp3) is 0.118. The van der Waals surface area contributed by atoms with Crippen LogP contribution in [0.15, 0.2) is 57.7 Å². The lowest BCUT2D eigenvalue weighted by molar-refractivity contribution is 0.476. The minimum Gasteiger partial charge on any atom is -0.422 e. The number of nitrogen functional groups attached to an aromatic ring is 1. The molecule has 2 aromatic carbocycles. The van der Waals surface area contributed by atoms with Gasteiger partial charge in [0.2, 0.25) is 0 Å². The van der Waals surface area contributed by atoms with Gasteiger partial charge in [0.25, 0.3) is 0 Å². The summed E-state index contributed by atoms with van der Waals surface area (Å²) in [6.45, 7) is -0.705. The van der Waals surface area contributed by atoms with E-state index in [9.17, 15) is 9.18 Å². The van der Waals surface area contributed by atoms with Gasteiger partial charge in [-0.3, -0.25) is 0 Å². The molecule has 0 atom stereocenters. The van der Waals surface area contributed by atoms with Crippen LogP contribution in [0.4, 0.5) is 10.1 Å². The van der Waals surface area contributed by atoms with Gasteiger partial charge in [-0.25, -0.2) is 9.18 Å². The molecule has 1 heterocycles.